The van der Waals surface area contributed by atoms with E-state index in [1.807, 2.05) is 6.08 Å². The van der Waals surface area contributed by atoms with Gasteiger partial charge >= 0.3 is 17.9 Å². The van der Waals surface area contributed by atoms with Crippen molar-refractivity contribution in [1.29, 1.82) is 0 Å². The molecule has 0 aromatic carbocycles. The first-order valence-electron chi connectivity index (χ1n) is 30.7. The summed E-state index contributed by atoms with van der Waals surface area (Å²) < 4.78 is 16.8. The molecule has 0 radical (unpaired) electrons. The molecule has 0 heterocycles. The summed E-state index contributed by atoms with van der Waals surface area (Å²) in [7, 11) is 0. The monoisotopic (exact) mass is 1010 g/mol. The summed E-state index contributed by atoms with van der Waals surface area (Å²) in [5.41, 5.74) is 0. The molecular weight excluding hydrogens is 901 g/mol. The highest BCUT2D eigenvalue weighted by molar-refractivity contribution is 5.71. The molecule has 0 aliphatic rings. The zero-order valence-electron chi connectivity index (χ0n) is 47.9. The van der Waals surface area contributed by atoms with Gasteiger partial charge in [0.1, 0.15) is 13.2 Å². The molecule has 0 fully saturated rings. The minimum absolute atomic E-state index is 0.0998. The summed E-state index contributed by atoms with van der Waals surface area (Å²) in [5, 5.41) is 0. The Morgan fingerprint density at radius 1 is 0.288 bits per heavy atom. The van der Waals surface area contributed by atoms with Gasteiger partial charge in [-0.2, -0.15) is 0 Å². The van der Waals surface area contributed by atoms with E-state index in [0.717, 1.165) is 89.9 Å². The SMILES string of the molecule is CC/C=C\C/C=C\C/C=C\C/C=C\CCCCCCCCCCCCC(=O)OCC(COC(=O)CC/C=C\C/C=C\C/C=C\C/C=C\CC)OC(=O)CCCCCCCCCCCCCCCCCCCCC. The largest absolute Gasteiger partial charge is 0.462 e. The summed E-state index contributed by atoms with van der Waals surface area (Å²) in [5.74, 6) is -0.979. The number of unbranched alkanes of at least 4 members (excludes halogenated alkanes) is 28. The van der Waals surface area contributed by atoms with Gasteiger partial charge < -0.3 is 14.2 Å². The molecule has 1 atom stereocenters. The fourth-order valence-corrected chi connectivity index (χ4v) is 8.57. The summed E-state index contributed by atoms with van der Waals surface area (Å²) in [6, 6.07) is 0. The Morgan fingerprint density at radius 3 is 0.918 bits per heavy atom. The van der Waals surface area contributed by atoms with Gasteiger partial charge in [0.2, 0.25) is 0 Å². The Bertz CT molecular complexity index is 1440. The van der Waals surface area contributed by atoms with E-state index >= 15 is 0 Å². The van der Waals surface area contributed by atoms with Crippen molar-refractivity contribution in [3.63, 3.8) is 0 Å². The molecule has 0 N–H and O–H groups in total. The molecule has 1 unspecified atom stereocenters. The Kier molecular flexibility index (Phi) is 57.8. The Morgan fingerprint density at radius 2 is 0.562 bits per heavy atom. The molecule has 0 saturated carbocycles. The van der Waals surface area contributed by atoms with Crippen LogP contribution in [0.1, 0.15) is 290 Å². The van der Waals surface area contributed by atoms with Gasteiger partial charge in [-0.05, 0) is 83.5 Å². The number of carbonyl (C=O) groups is 3. The smallest absolute Gasteiger partial charge is 0.306 e. The van der Waals surface area contributed by atoms with Gasteiger partial charge in [-0.1, -0.05) is 285 Å². The van der Waals surface area contributed by atoms with Gasteiger partial charge in [0.25, 0.3) is 0 Å². The molecule has 0 bridgehead atoms. The molecule has 6 nitrogen and oxygen atoms in total. The average molecular weight is 1020 g/mol. The second kappa shape index (κ2) is 60.9. The zero-order chi connectivity index (χ0) is 52.9. The van der Waals surface area contributed by atoms with Crippen LogP contribution in [0.3, 0.4) is 0 Å². The van der Waals surface area contributed by atoms with E-state index in [1.165, 1.54) is 154 Å². The van der Waals surface area contributed by atoms with Gasteiger partial charge in [-0.25, -0.2) is 0 Å². The third kappa shape index (κ3) is 59.1. The predicted octanol–water partition coefficient (Wildman–Crippen LogP) is 20.9. The van der Waals surface area contributed by atoms with Crippen LogP contribution in [-0.4, -0.2) is 37.2 Å². The summed E-state index contributed by atoms with van der Waals surface area (Å²) >= 11 is 0. The zero-order valence-corrected chi connectivity index (χ0v) is 47.9. The number of carbonyl (C=O) groups excluding carboxylic acids is 3. The molecule has 418 valence electrons. The maximum Gasteiger partial charge on any atom is 0.306 e. The molecule has 0 aliphatic carbocycles. The molecule has 0 rings (SSSR count). The second-order valence-electron chi connectivity index (χ2n) is 20.2. The standard InChI is InChI=1S/C67H114O6/c1-4-7-10-13-16-19-22-25-27-29-31-32-33-34-36-37-39-42-45-48-51-54-57-60-66(69)72-63-64(62-71-65(68)59-56-53-50-47-44-41-24-21-18-15-12-9-6-3)73-67(70)61-58-55-52-49-46-43-40-38-35-30-28-26-23-20-17-14-11-8-5-2/h7,9-10,12,16,18-19,21,25,27,31-32,41,44,50,53,64H,4-6,8,11,13-15,17,20,22-24,26,28-30,33-40,42-43,45-49,51-52,54-63H2,1-3H3/b10-7-,12-9-,19-16-,21-18-,27-25-,32-31-,44-41-,53-50-. The molecule has 0 aromatic rings. The van der Waals surface area contributed by atoms with E-state index in [2.05, 4.69) is 112 Å². The molecule has 0 amide bonds. The van der Waals surface area contributed by atoms with Crippen LogP contribution >= 0.6 is 0 Å². The number of ether oxygens (including phenoxy) is 3. The molecular formula is C67H114O6. The number of esters is 3. The Labute approximate surface area is 451 Å². The van der Waals surface area contributed by atoms with E-state index in [1.54, 1.807) is 0 Å². The van der Waals surface area contributed by atoms with E-state index in [9.17, 15) is 14.4 Å². The van der Waals surface area contributed by atoms with Crippen molar-refractivity contribution in [2.45, 2.75) is 297 Å². The van der Waals surface area contributed by atoms with Gasteiger partial charge in [0, 0.05) is 19.3 Å². The van der Waals surface area contributed by atoms with Crippen LogP contribution in [0.5, 0.6) is 0 Å². The molecule has 0 aromatic heterocycles. The van der Waals surface area contributed by atoms with Gasteiger partial charge in [0.05, 0.1) is 0 Å². The van der Waals surface area contributed by atoms with Crippen molar-refractivity contribution >= 4 is 17.9 Å². The van der Waals surface area contributed by atoms with Crippen molar-refractivity contribution in [2.24, 2.45) is 0 Å². The normalized spacial score (nSPS) is 12.8. The number of rotatable bonds is 55. The average Bonchev–Trinajstić information content (AvgIpc) is 3.39. The van der Waals surface area contributed by atoms with Crippen LogP contribution in [0, 0.1) is 0 Å². The number of allylic oxidation sites excluding steroid dienone is 16. The van der Waals surface area contributed by atoms with Gasteiger partial charge in [-0.3, -0.25) is 14.4 Å². The summed E-state index contributed by atoms with van der Waals surface area (Å²) in [6.45, 7) is 6.37. The van der Waals surface area contributed by atoms with Gasteiger partial charge in [0.15, 0.2) is 6.10 Å². The van der Waals surface area contributed by atoms with Crippen molar-refractivity contribution in [2.75, 3.05) is 13.2 Å². The lowest BCUT2D eigenvalue weighted by Crippen LogP contribution is -2.30. The first kappa shape index (κ1) is 69.3. The van der Waals surface area contributed by atoms with Crippen LogP contribution < -0.4 is 0 Å². The fraction of sp³-hybridized carbons (Fsp3) is 0.716. The summed E-state index contributed by atoms with van der Waals surface area (Å²) in [4.78, 5) is 38.2. The van der Waals surface area contributed by atoms with Crippen LogP contribution in [-0.2, 0) is 28.6 Å². The highest BCUT2D eigenvalue weighted by atomic mass is 16.6. The molecule has 0 spiro atoms. The van der Waals surface area contributed by atoms with Crippen molar-refractivity contribution < 1.29 is 28.6 Å². The quantitative estimate of drug-likeness (QED) is 0.0261. The molecule has 73 heavy (non-hydrogen) atoms. The first-order valence-corrected chi connectivity index (χ1v) is 30.7. The first-order chi connectivity index (χ1) is 36.0. The lowest BCUT2D eigenvalue weighted by atomic mass is 10.0. The molecule has 6 heteroatoms. The van der Waals surface area contributed by atoms with Gasteiger partial charge in [-0.15, -0.1) is 0 Å². The Hall–Kier alpha value is -3.67. The Balaban J connectivity index is 4.37. The van der Waals surface area contributed by atoms with Crippen LogP contribution in [0.2, 0.25) is 0 Å². The minimum atomic E-state index is -0.808. The topological polar surface area (TPSA) is 78.9 Å². The molecule has 0 aliphatic heterocycles. The number of hydrogen-bond acceptors (Lipinski definition) is 6. The van der Waals surface area contributed by atoms with E-state index in [-0.39, 0.29) is 37.5 Å². The van der Waals surface area contributed by atoms with Crippen LogP contribution in [0.4, 0.5) is 0 Å². The van der Waals surface area contributed by atoms with Crippen LogP contribution in [0.15, 0.2) is 97.2 Å². The maximum absolute atomic E-state index is 12.9. The third-order valence-corrected chi connectivity index (χ3v) is 13.1. The van der Waals surface area contributed by atoms with E-state index in [0.29, 0.717) is 19.3 Å². The van der Waals surface area contributed by atoms with E-state index in [4.69, 9.17) is 14.2 Å². The van der Waals surface area contributed by atoms with Crippen molar-refractivity contribution in [3.05, 3.63) is 97.2 Å². The van der Waals surface area contributed by atoms with E-state index < -0.39 is 6.10 Å². The molecule has 0 saturated heterocycles. The third-order valence-electron chi connectivity index (χ3n) is 13.1. The number of hydrogen-bond donors (Lipinski definition) is 0. The highest BCUT2D eigenvalue weighted by Crippen LogP contribution is 2.17. The lowest BCUT2D eigenvalue weighted by Gasteiger charge is -2.18. The maximum atomic E-state index is 12.9. The highest BCUT2D eigenvalue weighted by Gasteiger charge is 2.19. The summed E-state index contributed by atoms with van der Waals surface area (Å²) in [6.07, 6.45) is 81.4. The van der Waals surface area contributed by atoms with Crippen LogP contribution in [0.25, 0.3) is 0 Å². The van der Waals surface area contributed by atoms with Crippen molar-refractivity contribution in [3.8, 4) is 0 Å². The van der Waals surface area contributed by atoms with Crippen molar-refractivity contribution in [1.82, 2.24) is 0 Å². The second-order valence-corrected chi connectivity index (χ2v) is 20.2. The fourth-order valence-electron chi connectivity index (χ4n) is 8.57. The predicted molar refractivity (Wildman–Crippen MR) is 316 cm³/mol. The minimum Gasteiger partial charge on any atom is -0.462 e. The lowest BCUT2D eigenvalue weighted by molar-refractivity contribution is -0.166.